The summed E-state index contributed by atoms with van der Waals surface area (Å²) in [6, 6.07) is 4.51. The molecule has 1 saturated carbocycles. The number of carbonyl (C=O) groups is 3. The maximum absolute atomic E-state index is 14.9. The third-order valence-corrected chi connectivity index (χ3v) is 7.34. The molecule has 5 rings (SSSR count). The van der Waals surface area contributed by atoms with Crippen LogP contribution < -0.4 is 0 Å². The second-order valence-electron chi connectivity index (χ2n) is 11.5. The average Bonchev–Trinajstić information content (AvgIpc) is 3.78. The molecule has 1 aliphatic carbocycles. The second kappa shape index (κ2) is 11.5. The van der Waals surface area contributed by atoms with E-state index in [-0.39, 0.29) is 41.4 Å². The zero-order valence-corrected chi connectivity index (χ0v) is 23.3. The first-order valence-electron chi connectivity index (χ1n) is 13.9. The van der Waals surface area contributed by atoms with Gasteiger partial charge < -0.3 is 24.2 Å². The van der Waals surface area contributed by atoms with Crippen molar-refractivity contribution in [1.82, 2.24) is 24.7 Å². The van der Waals surface area contributed by atoms with Crippen LogP contribution >= 0.6 is 0 Å². The molecule has 0 bridgehead atoms. The molecular formula is C29H36FN5O5. The number of likely N-dealkylation sites (tertiary alicyclic amines) is 1. The summed E-state index contributed by atoms with van der Waals surface area (Å²) in [5.41, 5.74) is 0.230. The smallest absolute Gasteiger partial charge is 0.410 e. The van der Waals surface area contributed by atoms with Crippen molar-refractivity contribution in [1.29, 1.82) is 0 Å². The maximum atomic E-state index is 14.9. The Hall–Kier alpha value is -3.60. The summed E-state index contributed by atoms with van der Waals surface area (Å²) in [5.74, 6) is -0.881. The molecule has 3 amide bonds. The van der Waals surface area contributed by atoms with Gasteiger partial charge in [-0.05, 0) is 58.6 Å². The molecule has 40 heavy (non-hydrogen) atoms. The maximum Gasteiger partial charge on any atom is 0.410 e. The first-order valence-corrected chi connectivity index (χ1v) is 13.9. The van der Waals surface area contributed by atoms with Crippen molar-refractivity contribution >= 4 is 17.9 Å². The number of morpholine rings is 1. The Morgan fingerprint density at radius 2 is 1.57 bits per heavy atom. The van der Waals surface area contributed by atoms with Crippen LogP contribution in [0.3, 0.4) is 0 Å². The van der Waals surface area contributed by atoms with E-state index in [0.29, 0.717) is 63.4 Å². The molecule has 3 heterocycles. The van der Waals surface area contributed by atoms with Crippen molar-refractivity contribution in [2.24, 2.45) is 0 Å². The van der Waals surface area contributed by atoms with Crippen LogP contribution in [-0.2, 0) is 9.47 Å². The van der Waals surface area contributed by atoms with Gasteiger partial charge in [-0.1, -0.05) is 6.07 Å². The minimum absolute atomic E-state index is 0.00441. The molecule has 0 radical (unpaired) electrons. The van der Waals surface area contributed by atoms with E-state index in [0.717, 1.165) is 12.8 Å². The molecule has 2 aromatic rings. The van der Waals surface area contributed by atoms with E-state index in [1.54, 1.807) is 15.9 Å². The SMILES string of the molecule is CC(C)(C)OC(=O)N1CCC(N(C(=O)c2cnc(-c3ccc(C(=O)N4CCOCC4)c(F)c3)nc2)C2CC2)CC1. The van der Waals surface area contributed by atoms with E-state index < -0.39 is 11.4 Å². The molecule has 11 heteroatoms. The largest absolute Gasteiger partial charge is 0.444 e. The number of rotatable bonds is 5. The van der Waals surface area contributed by atoms with Crippen LogP contribution in [0.4, 0.5) is 9.18 Å². The van der Waals surface area contributed by atoms with Crippen LogP contribution in [0.25, 0.3) is 11.4 Å². The predicted molar refractivity (Wildman–Crippen MR) is 144 cm³/mol. The van der Waals surface area contributed by atoms with Gasteiger partial charge in [0.2, 0.25) is 0 Å². The molecule has 0 N–H and O–H groups in total. The Morgan fingerprint density at radius 1 is 0.950 bits per heavy atom. The molecular weight excluding hydrogens is 517 g/mol. The van der Waals surface area contributed by atoms with E-state index in [1.807, 2.05) is 25.7 Å². The van der Waals surface area contributed by atoms with Crippen molar-refractivity contribution in [3.8, 4) is 11.4 Å². The topological polar surface area (TPSA) is 105 Å². The van der Waals surface area contributed by atoms with Crippen molar-refractivity contribution in [2.75, 3.05) is 39.4 Å². The van der Waals surface area contributed by atoms with E-state index in [9.17, 15) is 18.8 Å². The number of aromatic nitrogens is 2. The van der Waals surface area contributed by atoms with Gasteiger partial charge in [0, 0.05) is 56.2 Å². The number of amides is 3. The molecule has 214 valence electrons. The van der Waals surface area contributed by atoms with E-state index in [4.69, 9.17) is 9.47 Å². The van der Waals surface area contributed by atoms with Gasteiger partial charge in [-0.25, -0.2) is 19.2 Å². The number of ether oxygens (including phenoxy) is 2. The van der Waals surface area contributed by atoms with Crippen molar-refractivity contribution < 1.29 is 28.2 Å². The van der Waals surface area contributed by atoms with E-state index >= 15 is 0 Å². The van der Waals surface area contributed by atoms with Gasteiger partial charge >= 0.3 is 6.09 Å². The van der Waals surface area contributed by atoms with Crippen LogP contribution in [-0.4, -0.2) is 99.7 Å². The molecule has 0 spiro atoms. The predicted octanol–water partition coefficient (Wildman–Crippen LogP) is 3.76. The lowest BCUT2D eigenvalue weighted by molar-refractivity contribution is 0.0142. The molecule has 1 aromatic carbocycles. The average molecular weight is 554 g/mol. The lowest BCUT2D eigenvalue weighted by Crippen LogP contribution is -2.50. The van der Waals surface area contributed by atoms with Crippen molar-refractivity contribution in [2.45, 2.75) is 64.1 Å². The Kier molecular flexibility index (Phi) is 8.02. The van der Waals surface area contributed by atoms with E-state index in [1.165, 1.54) is 24.5 Å². The number of carbonyl (C=O) groups excluding carboxylic acids is 3. The summed E-state index contributed by atoms with van der Waals surface area (Å²) in [4.78, 5) is 52.6. The number of nitrogens with zero attached hydrogens (tertiary/aromatic N) is 5. The van der Waals surface area contributed by atoms with Gasteiger partial charge in [0.1, 0.15) is 11.4 Å². The van der Waals surface area contributed by atoms with Crippen molar-refractivity contribution in [3.63, 3.8) is 0 Å². The Labute approximate surface area is 233 Å². The Balaban J connectivity index is 1.24. The Bertz CT molecular complexity index is 1250. The molecule has 10 nitrogen and oxygen atoms in total. The molecule has 2 saturated heterocycles. The molecule has 0 atom stereocenters. The van der Waals surface area contributed by atoms with Gasteiger partial charge in [0.25, 0.3) is 11.8 Å². The second-order valence-corrected chi connectivity index (χ2v) is 11.5. The molecule has 3 fully saturated rings. The minimum Gasteiger partial charge on any atom is -0.444 e. The summed E-state index contributed by atoms with van der Waals surface area (Å²) in [5, 5.41) is 0. The summed E-state index contributed by atoms with van der Waals surface area (Å²) >= 11 is 0. The zero-order valence-electron chi connectivity index (χ0n) is 23.3. The summed E-state index contributed by atoms with van der Waals surface area (Å²) in [6.07, 6.45) is 5.87. The highest BCUT2D eigenvalue weighted by atomic mass is 19.1. The summed E-state index contributed by atoms with van der Waals surface area (Å²) in [7, 11) is 0. The standard InChI is InChI=1S/C29H36FN5O5/c1-29(2,3)40-28(38)34-10-8-22(9-11-34)35(21-5-6-21)26(36)20-17-31-25(32-18-20)19-4-7-23(24(30)16-19)27(37)33-12-14-39-15-13-33/h4,7,16-18,21-22H,5-6,8-15H2,1-3H3. The molecule has 2 aliphatic heterocycles. The number of hydrogen-bond donors (Lipinski definition) is 0. The summed E-state index contributed by atoms with van der Waals surface area (Å²) in [6.45, 7) is 8.33. The number of piperidine rings is 1. The van der Waals surface area contributed by atoms with Gasteiger partial charge in [0.15, 0.2) is 5.82 Å². The highest BCUT2D eigenvalue weighted by molar-refractivity contribution is 5.95. The first-order chi connectivity index (χ1) is 19.1. The number of benzene rings is 1. The normalized spacial score (nSPS) is 18.4. The van der Waals surface area contributed by atoms with Crippen LogP contribution in [0.1, 0.15) is 67.2 Å². The summed E-state index contributed by atoms with van der Waals surface area (Å²) < 4.78 is 25.6. The highest BCUT2D eigenvalue weighted by Gasteiger charge is 2.40. The van der Waals surface area contributed by atoms with Gasteiger partial charge in [-0.3, -0.25) is 9.59 Å². The number of hydrogen-bond acceptors (Lipinski definition) is 7. The highest BCUT2D eigenvalue weighted by Crippen LogP contribution is 2.33. The van der Waals surface area contributed by atoms with Gasteiger partial charge in [0.05, 0.1) is 24.3 Å². The first kappa shape index (κ1) is 27.9. The molecule has 3 aliphatic rings. The van der Waals surface area contributed by atoms with Crippen LogP contribution in [0.5, 0.6) is 0 Å². The monoisotopic (exact) mass is 553 g/mol. The lowest BCUT2D eigenvalue weighted by Gasteiger charge is -2.39. The lowest BCUT2D eigenvalue weighted by atomic mass is 10.0. The fraction of sp³-hybridized carbons (Fsp3) is 0.552. The fourth-order valence-corrected chi connectivity index (χ4v) is 5.14. The third kappa shape index (κ3) is 6.41. The third-order valence-electron chi connectivity index (χ3n) is 7.34. The van der Waals surface area contributed by atoms with Crippen LogP contribution in [0, 0.1) is 5.82 Å². The van der Waals surface area contributed by atoms with Crippen molar-refractivity contribution in [3.05, 3.63) is 47.5 Å². The zero-order chi connectivity index (χ0) is 28.4. The van der Waals surface area contributed by atoms with Gasteiger partial charge in [-0.15, -0.1) is 0 Å². The van der Waals surface area contributed by atoms with Crippen LogP contribution in [0.2, 0.25) is 0 Å². The molecule has 0 unspecified atom stereocenters. The number of halogens is 1. The van der Waals surface area contributed by atoms with Crippen LogP contribution in [0.15, 0.2) is 30.6 Å². The Morgan fingerprint density at radius 3 is 2.15 bits per heavy atom. The fourth-order valence-electron chi connectivity index (χ4n) is 5.14. The van der Waals surface area contributed by atoms with E-state index in [2.05, 4.69) is 9.97 Å². The molecule has 1 aromatic heterocycles. The quantitative estimate of drug-likeness (QED) is 0.555. The minimum atomic E-state index is -0.643. The van der Waals surface area contributed by atoms with Gasteiger partial charge in [-0.2, -0.15) is 0 Å².